The van der Waals surface area contributed by atoms with Crippen molar-refractivity contribution in [1.82, 2.24) is 15.5 Å². The van der Waals surface area contributed by atoms with Gasteiger partial charge in [-0.25, -0.2) is 0 Å². The third-order valence-electron chi connectivity index (χ3n) is 4.76. The molecule has 32 heavy (non-hydrogen) atoms. The summed E-state index contributed by atoms with van der Waals surface area (Å²) < 4.78 is 10.7. The summed E-state index contributed by atoms with van der Waals surface area (Å²) in [4.78, 5) is 38.6. The molecule has 2 aromatic rings. The first kappa shape index (κ1) is 23.2. The molecule has 2 N–H and O–H groups in total. The first-order valence-electron chi connectivity index (χ1n) is 10.3. The van der Waals surface area contributed by atoms with Crippen molar-refractivity contribution in [3.05, 3.63) is 66.2 Å². The summed E-state index contributed by atoms with van der Waals surface area (Å²) in [5, 5.41) is 5.49. The molecule has 0 aromatic heterocycles. The monoisotopic (exact) mass is 455 g/mol. The average Bonchev–Trinajstić information content (AvgIpc) is 2.79. The number of para-hydroxylation sites is 1. The average molecular weight is 456 g/mol. The lowest BCUT2D eigenvalue weighted by molar-refractivity contribution is -0.148. The standard InChI is InChI=1S/C23H25N3O5S/c27-20(15-17-7-3-1-4-8-17)25-23(32)26-12-11-24-22(29)19(26)16-21(28)31-14-13-30-18-9-5-2-6-10-18/h1-10,19H,11-16H2,(H,24,29)(H,25,27,32). The molecule has 0 bridgehead atoms. The molecule has 1 aliphatic heterocycles. The molecule has 1 heterocycles. The largest absolute Gasteiger partial charge is 0.490 e. The lowest BCUT2D eigenvalue weighted by Gasteiger charge is -2.36. The summed E-state index contributed by atoms with van der Waals surface area (Å²) in [6.07, 6.45) is -0.0268. The van der Waals surface area contributed by atoms with E-state index < -0.39 is 12.0 Å². The quantitative estimate of drug-likeness (QED) is 0.353. The highest BCUT2D eigenvalue weighted by atomic mass is 32.1. The van der Waals surface area contributed by atoms with Crippen LogP contribution in [0.3, 0.4) is 0 Å². The molecule has 1 saturated heterocycles. The van der Waals surface area contributed by atoms with Gasteiger partial charge in [-0.1, -0.05) is 48.5 Å². The van der Waals surface area contributed by atoms with Gasteiger partial charge in [-0.15, -0.1) is 0 Å². The van der Waals surface area contributed by atoms with Gasteiger partial charge < -0.3 is 25.0 Å². The van der Waals surface area contributed by atoms with Crippen LogP contribution in [0.15, 0.2) is 60.7 Å². The van der Waals surface area contributed by atoms with Gasteiger partial charge in [-0.3, -0.25) is 14.4 Å². The van der Waals surface area contributed by atoms with Gasteiger partial charge in [-0.05, 0) is 29.9 Å². The minimum atomic E-state index is -0.851. The number of nitrogens with one attached hydrogen (secondary N) is 2. The Morgan fingerprint density at radius 2 is 1.75 bits per heavy atom. The van der Waals surface area contributed by atoms with Crippen molar-refractivity contribution in [1.29, 1.82) is 0 Å². The van der Waals surface area contributed by atoms with Crippen LogP contribution < -0.4 is 15.4 Å². The van der Waals surface area contributed by atoms with Crippen LogP contribution in [0.4, 0.5) is 0 Å². The Morgan fingerprint density at radius 1 is 1.06 bits per heavy atom. The molecule has 0 radical (unpaired) electrons. The Labute approximate surface area is 191 Å². The highest BCUT2D eigenvalue weighted by Gasteiger charge is 2.34. The number of esters is 1. The van der Waals surface area contributed by atoms with E-state index in [0.717, 1.165) is 5.56 Å². The molecule has 8 nitrogen and oxygen atoms in total. The summed E-state index contributed by atoms with van der Waals surface area (Å²) in [6, 6.07) is 17.6. The van der Waals surface area contributed by atoms with Gasteiger partial charge in [0.25, 0.3) is 0 Å². The molecular weight excluding hydrogens is 430 g/mol. The summed E-state index contributed by atoms with van der Waals surface area (Å²) in [6.45, 7) is 1.000. The SMILES string of the molecule is O=C(Cc1ccccc1)NC(=S)N1CCNC(=O)C1CC(=O)OCCOc1ccccc1. The number of hydrogen-bond acceptors (Lipinski definition) is 6. The number of carbonyl (C=O) groups is 3. The number of ether oxygens (including phenoxy) is 2. The molecule has 168 valence electrons. The zero-order valence-corrected chi connectivity index (χ0v) is 18.3. The maximum absolute atomic E-state index is 12.4. The third kappa shape index (κ3) is 7.05. The van der Waals surface area contributed by atoms with Gasteiger partial charge in [0.15, 0.2) is 5.11 Å². The highest BCUT2D eigenvalue weighted by Crippen LogP contribution is 2.12. The van der Waals surface area contributed by atoms with Crippen molar-refractivity contribution in [2.24, 2.45) is 0 Å². The first-order valence-corrected chi connectivity index (χ1v) is 10.7. The molecular formula is C23H25N3O5S. The summed E-state index contributed by atoms with van der Waals surface area (Å²) in [5.74, 6) is -0.495. The molecule has 1 unspecified atom stereocenters. The van der Waals surface area contributed by atoms with Crippen molar-refractivity contribution in [3.8, 4) is 5.75 Å². The Kier molecular flexibility index (Phi) is 8.56. The second-order valence-electron chi connectivity index (χ2n) is 7.10. The Bertz CT molecular complexity index is 939. The van der Waals surface area contributed by atoms with Crippen LogP contribution in [0.2, 0.25) is 0 Å². The normalized spacial score (nSPS) is 15.4. The minimum Gasteiger partial charge on any atom is -0.490 e. The maximum atomic E-state index is 12.4. The van der Waals surface area contributed by atoms with Crippen molar-refractivity contribution < 1.29 is 23.9 Å². The molecule has 1 atom stereocenters. The maximum Gasteiger partial charge on any atom is 0.308 e. The van der Waals surface area contributed by atoms with Crippen LogP contribution >= 0.6 is 12.2 Å². The van der Waals surface area contributed by atoms with Crippen LogP contribution in [0.1, 0.15) is 12.0 Å². The number of carbonyl (C=O) groups excluding carboxylic acids is 3. The van der Waals surface area contributed by atoms with Gasteiger partial charge >= 0.3 is 5.97 Å². The van der Waals surface area contributed by atoms with Crippen LogP contribution in [-0.2, 0) is 25.5 Å². The van der Waals surface area contributed by atoms with E-state index in [1.807, 2.05) is 48.5 Å². The van der Waals surface area contributed by atoms with Gasteiger partial charge in [-0.2, -0.15) is 0 Å². The Balaban J connectivity index is 1.48. The molecule has 1 fully saturated rings. The van der Waals surface area contributed by atoms with Crippen LogP contribution in [0, 0.1) is 0 Å². The lowest BCUT2D eigenvalue weighted by Crippen LogP contribution is -2.60. The second kappa shape index (κ2) is 11.8. The molecule has 9 heteroatoms. The van der Waals surface area contributed by atoms with Crippen LogP contribution in [-0.4, -0.2) is 60.1 Å². The molecule has 0 saturated carbocycles. The van der Waals surface area contributed by atoms with E-state index in [9.17, 15) is 14.4 Å². The van der Waals surface area contributed by atoms with E-state index in [1.54, 1.807) is 17.0 Å². The van der Waals surface area contributed by atoms with Crippen molar-refractivity contribution >= 4 is 35.1 Å². The zero-order chi connectivity index (χ0) is 22.8. The summed E-state index contributed by atoms with van der Waals surface area (Å²) >= 11 is 5.35. The molecule has 2 amide bonds. The molecule has 1 aliphatic rings. The number of rotatable bonds is 8. The first-order chi connectivity index (χ1) is 15.5. The van der Waals surface area contributed by atoms with Crippen molar-refractivity contribution in [2.75, 3.05) is 26.3 Å². The second-order valence-corrected chi connectivity index (χ2v) is 7.49. The Morgan fingerprint density at radius 3 is 2.47 bits per heavy atom. The number of benzene rings is 2. The van der Waals surface area contributed by atoms with E-state index in [1.165, 1.54) is 0 Å². The fraction of sp³-hybridized carbons (Fsp3) is 0.304. The predicted octanol–water partition coefficient (Wildman–Crippen LogP) is 1.44. The van der Waals surface area contributed by atoms with E-state index in [0.29, 0.717) is 18.8 Å². The number of nitrogens with zero attached hydrogens (tertiary/aromatic N) is 1. The molecule has 3 rings (SSSR count). The molecule has 2 aromatic carbocycles. The summed E-state index contributed by atoms with van der Waals surface area (Å²) in [5.41, 5.74) is 0.849. The zero-order valence-electron chi connectivity index (χ0n) is 17.5. The van der Waals surface area contributed by atoms with Crippen LogP contribution in [0.5, 0.6) is 5.75 Å². The summed E-state index contributed by atoms with van der Waals surface area (Å²) in [7, 11) is 0. The topological polar surface area (TPSA) is 97.0 Å². The minimum absolute atomic E-state index is 0.0559. The number of amides is 2. The molecule has 0 spiro atoms. The van der Waals surface area contributed by atoms with E-state index in [2.05, 4.69) is 10.6 Å². The van der Waals surface area contributed by atoms with Gasteiger partial charge in [0.2, 0.25) is 11.8 Å². The van der Waals surface area contributed by atoms with E-state index in [-0.39, 0.29) is 43.0 Å². The van der Waals surface area contributed by atoms with Gasteiger partial charge in [0.05, 0.1) is 12.8 Å². The smallest absolute Gasteiger partial charge is 0.308 e. The van der Waals surface area contributed by atoms with Gasteiger partial charge in [0, 0.05) is 13.1 Å². The van der Waals surface area contributed by atoms with Crippen LogP contribution in [0.25, 0.3) is 0 Å². The molecule has 0 aliphatic carbocycles. The van der Waals surface area contributed by atoms with E-state index >= 15 is 0 Å². The van der Waals surface area contributed by atoms with Crippen molar-refractivity contribution in [2.45, 2.75) is 18.9 Å². The fourth-order valence-corrected chi connectivity index (χ4v) is 3.56. The number of piperazine rings is 1. The number of thiocarbonyl (C=S) groups is 1. The fourth-order valence-electron chi connectivity index (χ4n) is 3.23. The van der Waals surface area contributed by atoms with Gasteiger partial charge in [0.1, 0.15) is 25.0 Å². The Hall–Kier alpha value is -3.46. The van der Waals surface area contributed by atoms with Crippen molar-refractivity contribution in [3.63, 3.8) is 0 Å². The number of hydrogen-bond donors (Lipinski definition) is 2. The predicted molar refractivity (Wildman–Crippen MR) is 122 cm³/mol. The van der Waals surface area contributed by atoms with E-state index in [4.69, 9.17) is 21.7 Å². The third-order valence-corrected chi connectivity index (χ3v) is 5.10. The lowest BCUT2D eigenvalue weighted by atomic mass is 10.1. The highest BCUT2D eigenvalue weighted by molar-refractivity contribution is 7.80.